The van der Waals surface area contributed by atoms with Crippen LogP contribution in [0, 0.1) is 13.8 Å². The van der Waals surface area contributed by atoms with Gasteiger partial charge in [-0.1, -0.05) is 35.4 Å². The maximum absolute atomic E-state index is 12.0. The van der Waals surface area contributed by atoms with Crippen LogP contribution < -0.4 is 10.6 Å². The van der Waals surface area contributed by atoms with E-state index in [-0.39, 0.29) is 18.4 Å². The first-order valence-corrected chi connectivity index (χ1v) is 7.25. The van der Waals surface area contributed by atoms with E-state index < -0.39 is 0 Å². The number of carbonyl (C=O) groups is 2. The van der Waals surface area contributed by atoms with Crippen molar-refractivity contribution in [3.05, 3.63) is 64.2 Å². The summed E-state index contributed by atoms with van der Waals surface area (Å²) < 4.78 is 0. The molecule has 22 heavy (non-hydrogen) atoms. The zero-order valence-electron chi connectivity index (χ0n) is 12.4. The van der Waals surface area contributed by atoms with Gasteiger partial charge in [-0.25, -0.2) is 0 Å². The Hall–Kier alpha value is -2.33. The number of rotatable bonds is 4. The highest BCUT2D eigenvalue weighted by Gasteiger charge is 2.10. The van der Waals surface area contributed by atoms with Gasteiger partial charge in [0.15, 0.2) is 0 Å². The van der Waals surface area contributed by atoms with Gasteiger partial charge in [0.25, 0.3) is 5.91 Å². The second kappa shape index (κ2) is 7.09. The number of amides is 2. The molecule has 0 radical (unpaired) electrons. The lowest BCUT2D eigenvalue weighted by Gasteiger charge is -2.10. The van der Waals surface area contributed by atoms with Crippen molar-refractivity contribution in [2.75, 3.05) is 11.9 Å². The quantitative estimate of drug-likeness (QED) is 0.909. The lowest BCUT2D eigenvalue weighted by molar-refractivity contribution is -0.115. The lowest BCUT2D eigenvalue weighted by atomic mass is 10.1. The molecule has 114 valence electrons. The molecule has 2 N–H and O–H groups in total. The van der Waals surface area contributed by atoms with Crippen LogP contribution in [0.3, 0.4) is 0 Å². The monoisotopic (exact) mass is 316 g/mol. The van der Waals surface area contributed by atoms with Gasteiger partial charge in [-0.05, 0) is 43.7 Å². The van der Waals surface area contributed by atoms with Crippen molar-refractivity contribution in [2.24, 2.45) is 0 Å². The highest BCUT2D eigenvalue weighted by molar-refractivity contribution is 6.31. The largest absolute Gasteiger partial charge is 0.343 e. The fourth-order valence-electron chi connectivity index (χ4n) is 1.99. The Morgan fingerprint density at radius 2 is 1.82 bits per heavy atom. The molecule has 0 fully saturated rings. The highest BCUT2D eigenvalue weighted by atomic mass is 35.5. The van der Waals surface area contributed by atoms with Gasteiger partial charge in [0.2, 0.25) is 5.91 Å². The minimum Gasteiger partial charge on any atom is -0.343 e. The predicted molar refractivity (Wildman–Crippen MR) is 88.3 cm³/mol. The van der Waals surface area contributed by atoms with Crippen molar-refractivity contribution >= 4 is 29.1 Å². The topological polar surface area (TPSA) is 58.2 Å². The molecule has 2 amide bonds. The molecule has 0 heterocycles. The molecule has 2 rings (SSSR count). The number of nitrogens with one attached hydrogen (secondary N) is 2. The van der Waals surface area contributed by atoms with Gasteiger partial charge < -0.3 is 10.6 Å². The van der Waals surface area contributed by atoms with Crippen LogP contribution in [0.5, 0.6) is 0 Å². The van der Waals surface area contributed by atoms with Crippen LogP contribution >= 0.6 is 11.6 Å². The minimum atomic E-state index is -0.300. The molecule has 4 nitrogen and oxygen atoms in total. The van der Waals surface area contributed by atoms with Crippen LogP contribution in [-0.4, -0.2) is 18.4 Å². The third kappa shape index (κ3) is 4.09. The van der Waals surface area contributed by atoms with Crippen LogP contribution in [-0.2, 0) is 4.79 Å². The van der Waals surface area contributed by atoms with E-state index in [0.29, 0.717) is 16.3 Å². The summed E-state index contributed by atoms with van der Waals surface area (Å²) in [5.41, 5.74) is 2.96. The van der Waals surface area contributed by atoms with Crippen LogP contribution in [0.25, 0.3) is 0 Å². The molecule has 5 heteroatoms. The van der Waals surface area contributed by atoms with E-state index in [1.165, 1.54) is 0 Å². The molecule has 0 aromatic heterocycles. The molecule has 0 aliphatic rings. The van der Waals surface area contributed by atoms with Crippen molar-refractivity contribution in [1.29, 1.82) is 0 Å². The van der Waals surface area contributed by atoms with Gasteiger partial charge in [-0.2, -0.15) is 0 Å². The molecule has 0 saturated carbocycles. The summed E-state index contributed by atoms with van der Waals surface area (Å²) in [6.07, 6.45) is 0. The van der Waals surface area contributed by atoms with E-state index in [0.717, 1.165) is 11.1 Å². The Balaban J connectivity index is 1.93. The highest BCUT2D eigenvalue weighted by Crippen LogP contribution is 2.22. The van der Waals surface area contributed by atoms with Gasteiger partial charge in [-0.3, -0.25) is 9.59 Å². The maximum atomic E-state index is 12.0. The Morgan fingerprint density at radius 3 is 2.55 bits per heavy atom. The lowest BCUT2D eigenvalue weighted by Crippen LogP contribution is -2.33. The normalized spacial score (nSPS) is 10.1. The number of benzene rings is 2. The molecule has 0 atom stereocenters. The first kappa shape index (κ1) is 16.0. The second-order valence-corrected chi connectivity index (χ2v) is 5.42. The van der Waals surface area contributed by atoms with Crippen LogP contribution in [0.4, 0.5) is 5.69 Å². The van der Waals surface area contributed by atoms with Crippen molar-refractivity contribution in [1.82, 2.24) is 5.32 Å². The smallest absolute Gasteiger partial charge is 0.251 e. The minimum absolute atomic E-state index is 0.0985. The Morgan fingerprint density at radius 1 is 1.09 bits per heavy atom. The summed E-state index contributed by atoms with van der Waals surface area (Å²) in [5, 5.41) is 5.91. The van der Waals surface area contributed by atoms with Crippen molar-refractivity contribution < 1.29 is 9.59 Å². The number of anilines is 1. The number of hydrogen-bond acceptors (Lipinski definition) is 2. The molecule has 2 aromatic rings. The zero-order valence-corrected chi connectivity index (χ0v) is 13.2. The predicted octanol–water partition coefficient (Wildman–Crippen LogP) is 3.33. The summed E-state index contributed by atoms with van der Waals surface area (Å²) in [6, 6.07) is 12.5. The molecule has 0 aliphatic carbocycles. The summed E-state index contributed by atoms with van der Waals surface area (Å²) in [4.78, 5) is 23.9. The van der Waals surface area contributed by atoms with Gasteiger partial charge in [0, 0.05) is 16.3 Å². The van der Waals surface area contributed by atoms with Crippen molar-refractivity contribution in [3.8, 4) is 0 Å². The van der Waals surface area contributed by atoms with E-state index in [2.05, 4.69) is 10.6 Å². The summed E-state index contributed by atoms with van der Waals surface area (Å²) in [7, 11) is 0. The zero-order chi connectivity index (χ0) is 16.1. The van der Waals surface area contributed by atoms with E-state index in [4.69, 9.17) is 11.6 Å². The van der Waals surface area contributed by atoms with E-state index >= 15 is 0 Å². The number of aryl methyl sites for hydroxylation is 1. The Kier molecular flexibility index (Phi) is 5.17. The van der Waals surface area contributed by atoms with Gasteiger partial charge in [-0.15, -0.1) is 0 Å². The molecule has 2 aromatic carbocycles. The summed E-state index contributed by atoms with van der Waals surface area (Å²) in [5.74, 6) is -0.576. The van der Waals surface area contributed by atoms with Gasteiger partial charge >= 0.3 is 0 Å². The SMILES string of the molecule is Cc1cccc(C(=O)NCC(=O)Nc2cccc(Cl)c2C)c1. The fourth-order valence-corrected chi connectivity index (χ4v) is 2.16. The summed E-state index contributed by atoms with van der Waals surface area (Å²) >= 11 is 6.00. The second-order valence-electron chi connectivity index (χ2n) is 5.01. The molecular formula is C17H17ClN2O2. The molecular weight excluding hydrogens is 300 g/mol. The molecule has 0 saturated heterocycles. The molecule has 0 aliphatic heterocycles. The number of hydrogen-bond donors (Lipinski definition) is 2. The third-order valence-electron chi connectivity index (χ3n) is 3.23. The van der Waals surface area contributed by atoms with Crippen LogP contribution in [0.15, 0.2) is 42.5 Å². The average Bonchev–Trinajstić information content (AvgIpc) is 2.49. The number of halogens is 1. The van der Waals surface area contributed by atoms with E-state index in [1.54, 1.807) is 36.4 Å². The molecule has 0 spiro atoms. The first-order valence-electron chi connectivity index (χ1n) is 6.87. The van der Waals surface area contributed by atoms with Gasteiger partial charge in [0.05, 0.1) is 6.54 Å². The first-order chi connectivity index (χ1) is 10.5. The van der Waals surface area contributed by atoms with Gasteiger partial charge in [0.1, 0.15) is 0 Å². The van der Waals surface area contributed by atoms with Crippen molar-refractivity contribution in [3.63, 3.8) is 0 Å². The summed E-state index contributed by atoms with van der Waals surface area (Å²) in [6.45, 7) is 3.63. The van der Waals surface area contributed by atoms with Crippen molar-refractivity contribution in [2.45, 2.75) is 13.8 Å². The van der Waals surface area contributed by atoms with Crippen LogP contribution in [0.1, 0.15) is 21.5 Å². The van der Waals surface area contributed by atoms with E-state index in [9.17, 15) is 9.59 Å². The third-order valence-corrected chi connectivity index (χ3v) is 3.64. The van der Waals surface area contributed by atoms with Crippen LogP contribution in [0.2, 0.25) is 5.02 Å². The standard InChI is InChI=1S/C17H17ClN2O2/c1-11-5-3-6-13(9-11)17(22)19-10-16(21)20-15-8-4-7-14(18)12(15)2/h3-9H,10H2,1-2H3,(H,19,22)(H,20,21). The molecule has 0 unspecified atom stereocenters. The Labute approximate surface area is 134 Å². The molecule has 0 bridgehead atoms. The maximum Gasteiger partial charge on any atom is 0.251 e. The van der Waals surface area contributed by atoms with E-state index in [1.807, 2.05) is 19.9 Å². The number of carbonyl (C=O) groups excluding carboxylic acids is 2. The Bertz CT molecular complexity index is 714. The fraction of sp³-hybridized carbons (Fsp3) is 0.176. The average molecular weight is 317 g/mol.